The molecular weight excluding hydrogens is 238 g/mol. The molecule has 19 heavy (non-hydrogen) atoms. The number of carbonyl (C=O) groups excluding carboxylic acids is 1. The minimum atomic E-state index is 0.0208. The minimum Gasteiger partial charge on any atom is -0.292 e. The van der Waals surface area contributed by atoms with E-state index in [1.807, 2.05) is 36.0 Å². The summed E-state index contributed by atoms with van der Waals surface area (Å²) in [7, 11) is 0. The van der Waals surface area contributed by atoms with Crippen LogP contribution in [0.3, 0.4) is 0 Å². The first kappa shape index (κ1) is 13.5. The summed E-state index contributed by atoms with van der Waals surface area (Å²) < 4.78 is 1.91. The van der Waals surface area contributed by atoms with E-state index in [-0.39, 0.29) is 5.78 Å². The van der Waals surface area contributed by atoms with Gasteiger partial charge in [0.1, 0.15) is 5.69 Å². The number of Topliss-reactive ketones (excluding diaryl/α,β-unsaturated/α-hetero) is 1. The Morgan fingerprint density at radius 3 is 2.89 bits per heavy atom. The van der Waals surface area contributed by atoms with Crippen molar-refractivity contribution in [3.63, 3.8) is 0 Å². The lowest BCUT2D eigenvalue weighted by Gasteiger charge is -2.08. The Bertz CT molecular complexity index is 574. The first-order valence-corrected chi connectivity index (χ1v) is 6.60. The fourth-order valence-electron chi connectivity index (χ4n) is 1.93. The smallest absolute Gasteiger partial charge is 0.187 e. The van der Waals surface area contributed by atoms with Crippen LogP contribution in [0, 0.1) is 6.92 Å². The molecular formula is C15H19N3O. The highest BCUT2D eigenvalue weighted by Crippen LogP contribution is 2.12. The second-order valence-electron chi connectivity index (χ2n) is 4.81. The lowest BCUT2D eigenvalue weighted by atomic mass is 10.1. The number of ketones is 1. The average molecular weight is 257 g/mol. The van der Waals surface area contributed by atoms with Gasteiger partial charge in [0.05, 0.1) is 12.1 Å². The Labute approximate surface area is 113 Å². The van der Waals surface area contributed by atoms with E-state index in [2.05, 4.69) is 23.9 Å². The maximum Gasteiger partial charge on any atom is 0.187 e. The summed E-state index contributed by atoms with van der Waals surface area (Å²) in [6.07, 6.45) is 4.91. The van der Waals surface area contributed by atoms with Crippen LogP contribution in [0.4, 0.5) is 0 Å². The Morgan fingerprint density at radius 2 is 2.21 bits per heavy atom. The monoisotopic (exact) mass is 257 g/mol. The number of nitrogens with zero attached hydrogens (tertiary/aromatic N) is 3. The van der Waals surface area contributed by atoms with Crippen molar-refractivity contribution in [2.75, 3.05) is 0 Å². The first-order chi connectivity index (χ1) is 9.11. The van der Waals surface area contributed by atoms with Crippen molar-refractivity contribution in [1.29, 1.82) is 0 Å². The van der Waals surface area contributed by atoms with E-state index in [4.69, 9.17) is 0 Å². The predicted molar refractivity (Wildman–Crippen MR) is 74.2 cm³/mol. The molecule has 0 aliphatic heterocycles. The molecule has 0 saturated carbocycles. The lowest BCUT2D eigenvalue weighted by Crippen LogP contribution is -2.10. The Balaban J connectivity index is 2.11. The van der Waals surface area contributed by atoms with Gasteiger partial charge in [0, 0.05) is 18.4 Å². The molecule has 2 aromatic heterocycles. The number of hydrogen-bond donors (Lipinski definition) is 0. The number of aryl methyl sites for hydroxylation is 1. The topological polar surface area (TPSA) is 47.8 Å². The minimum absolute atomic E-state index is 0.0208. The Hall–Kier alpha value is -1.97. The number of pyridine rings is 1. The molecule has 0 bridgehead atoms. The van der Waals surface area contributed by atoms with E-state index in [0.717, 1.165) is 17.7 Å². The van der Waals surface area contributed by atoms with Gasteiger partial charge in [-0.1, -0.05) is 13.0 Å². The van der Waals surface area contributed by atoms with Gasteiger partial charge in [-0.15, -0.1) is 0 Å². The van der Waals surface area contributed by atoms with E-state index < -0.39 is 0 Å². The molecule has 0 N–H and O–H groups in total. The number of hydrogen-bond acceptors (Lipinski definition) is 3. The fraction of sp³-hybridized carbons (Fsp3) is 0.400. The lowest BCUT2D eigenvalue weighted by molar-refractivity contribution is 0.0986. The molecule has 2 aromatic rings. The maximum absolute atomic E-state index is 12.2. The van der Waals surface area contributed by atoms with Crippen molar-refractivity contribution in [3.8, 4) is 0 Å². The van der Waals surface area contributed by atoms with Crippen LogP contribution in [-0.4, -0.2) is 20.5 Å². The Morgan fingerprint density at radius 1 is 1.42 bits per heavy atom. The van der Waals surface area contributed by atoms with Gasteiger partial charge >= 0.3 is 0 Å². The second kappa shape index (κ2) is 5.78. The van der Waals surface area contributed by atoms with Gasteiger partial charge in [-0.25, -0.2) is 0 Å². The van der Waals surface area contributed by atoms with Crippen molar-refractivity contribution in [1.82, 2.24) is 14.8 Å². The number of aromatic nitrogens is 3. The summed E-state index contributed by atoms with van der Waals surface area (Å²) in [5, 5.41) is 4.44. The van der Waals surface area contributed by atoms with Gasteiger partial charge in [-0.05, 0) is 38.0 Å². The largest absolute Gasteiger partial charge is 0.292 e. The summed E-state index contributed by atoms with van der Waals surface area (Å²) in [6, 6.07) is 6.00. The van der Waals surface area contributed by atoms with Crippen LogP contribution >= 0.6 is 0 Å². The zero-order valence-corrected chi connectivity index (χ0v) is 11.6. The number of carbonyl (C=O) groups is 1. The van der Waals surface area contributed by atoms with Crippen LogP contribution in [-0.2, 0) is 6.42 Å². The molecule has 0 aliphatic carbocycles. The molecule has 0 aromatic carbocycles. The second-order valence-corrected chi connectivity index (χ2v) is 4.81. The highest BCUT2D eigenvalue weighted by molar-refractivity contribution is 5.96. The molecule has 100 valence electrons. The molecule has 0 fully saturated rings. The van der Waals surface area contributed by atoms with Crippen LogP contribution in [0.1, 0.15) is 48.1 Å². The van der Waals surface area contributed by atoms with Crippen LogP contribution in [0.5, 0.6) is 0 Å². The molecule has 0 saturated heterocycles. The summed E-state index contributed by atoms with van der Waals surface area (Å²) in [5.41, 5.74) is 2.25. The molecule has 0 amide bonds. The van der Waals surface area contributed by atoms with Gasteiger partial charge < -0.3 is 0 Å². The van der Waals surface area contributed by atoms with Gasteiger partial charge in [-0.2, -0.15) is 5.10 Å². The molecule has 1 unspecified atom stereocenters. The molecule has 2 rings (SSSR count). The third-order valence-corrected chi connectivity index (χ3v) is 3.32. The molecule has 2 heterocycles. The summed E-state index contributed by atoms with van der Waals surface area (Å²) in [4.78, 5) is 16.3. The molecule has 1 atom stereocenters. The zero-order valence-electron chi connectivity index (χ0n) is 11.6. The maximum atomic E-state index is 12.2. The Kier molecular flexibility index (Phi) is 4.10. The number of rotatable bonds is 5. The molecule has 4 nitrogen and oxygen atoms in total. The van der Waals surface area contributed by atoms with Crippen LogP contribution in [0.25, 0.3) is 0 Å². The van der Waals surface area contributed by atoms with E-state index in [9.17, 15) is 4.79 Å². The predicted octanol–water partition coefficient (Wildman–Crippen LogP) is 2.98. The summed E-state index contributed by atoms with van der Waals surface area (Å²) in [6.45, 7) is 6.13. The average Bonchev–Trinajstić information content (AvgIpc) is 2.86. The van der Waals surface area contributed by atoms with Gasteiger partial charge in [-0.3, -0.25) is 14.5 Å². The third kappa shape index (κ3) is 3.08. The zero-order chi connectivity index (χ0) is 13.8. The molecule has 0 aliphatic rings. The molecule has 0 radical (unpaired) electrons. The highest BCUT2D eigenvalue weighted by atomic mass is 16.1. The molecule has 4 heteroatoms. The third-order valence-electron chi connectivity index (χ3n) is 3.32. The van der Waals surface area contributed by atoms with Crippen molar-refractivity contribution in [2.45, 2.75) is 39.7 Å². The van der Waals surface area contributed by atoms with E-state index in [1.165, 1.54) is 0 Å². The van der Waals surface area contributed by atoms with Gasteiger partial charge in [0.25, 0.3) is 0 Å². The van der Waals surface area contributed by atoms with Crippen LogP contribution in [0.2, 0.25) is 0 Å². The quantitative estimate of drug-likeness (QED) is 0.774. The van der Waals surface area contributed by atoms with Gasteiger partial charge in [0.15, 0.2) is 5.78 Å². The summed E-state index contributed by atoms with van der Waals surface area (Å²) >= 11 is 0. The standard InChI is InChI=1S/C15H19N3O/c1-4-12(3)18-9-7-13(17-18)10-14(19)15-11(2)6-5-8-16-15/h5-9,12H,4,10H2,1-3H3. The van der Waals surface area contributed by atoms with E-state index >= 15 is 0 Å². The SMILES string of the molecule is CCC(C)n1ccc(CC(=O)c2ncccc2C)n1. The van der Waals surface area contributed by atoms with E-state index in [0.29, 0.717) is 18.2 Å². The normalized spacial score (nSPS) is 12.4. The van der Waals surface area contributed by atoms with Crippen LogP contribution in [0.15, 0.2) is 30.6 Å². The van der Waals surface area contributed by atoms with E-state index in [1.54, 1.807) is 6.20 Å². The molecule has 0 spiro atoms. The van der Waals surface area contributed by atoms with Crippen LogP contribution < -0.4 is 0 Å². The highest BCUT2D eigenvalue weighted by Gasteiger charge is 2.13. The summed E-state index contributed by atoms with van der Waals surface area (Å²) in [5.74, 6) is 0.0208. The fourth-order valence-corrected chi connectivity index (χ4v) is 1.93. The first-order valence-electron chi connectivity index (χ1n) is 6.60. The van der Waals surface area contributed by atoms with Crippen molar-refractivity contribution >= 4 is 5.78 Å². The van der Waals surface area contributed by atoms with Crippen molar-refractivity contribution in [2.24, 2.45) is 0 Å². The van der Waals surface area contributed by atoms with Crippen molar-refractivity contribution < 1.29 is 4.79 Å². The van der Waals surface area contributed by atoms with Gasteiger partial charge in [0.2, 0.25) is 0 Å². The van der Waals surface area contributed by atoms with Crippen molar-refractivity contribution in [3.05, 3.63) is 47.5 Å².